The summed E-state index contributed by atoms with van der Waals surface area (Å²) in [6.07, 6.45) is 0. The van der Waals surface area contributed by atoms with Crippen LogP contribution in [0.25, 0.3) is 11.1 Å². The lowest BCUT2D eigenvalue weighted by Gasteiger charge is -2.30. The number of thiophene rings is 1. The highest BCUT2D eigenvalue weighted by molar-refractivity contribution is 7.92. The van der Waals surface area contributed by atoms with E-state index >= 15 is 0 Å². The molecule has 2 heterocycles. The van der Waals surface area contributed by atoms with Gasteiger partial charge < -0.3 is 4.74 Å². The highest BCUT2D eigenvalue weighted by atomic mass is 32.2. The Morgan fingerprint density at radius 2 is 1.88 bits per heavy atom. The van der Waals surface area contributed by atoms with Gasteiger partial charge in [-0.15, -0.1) is 11.3 Å². The third-order valence-corrected chi connectivity index (χ3v) is 6.82. The molecule has 1 aliphatic heterocycles. The summed E-state index contributed by atoms with van der Waals surface area (Å²) in [5.74, 6) is 0.537. The molecule has 0 radical (unpaired) electrons. The van der Waals surface area contributed by atoms with Gasteiger partial charge in [0.1, 0.15) is 23.3 Å². The lowest BCUT2D eigenvalue weighted by Crippen LogP contribution is -2.37. The number of nitriles is 1. The summed E-state index contributed by atoms with van der Waals surface area (Å²) >= 11 is 1.36. The first-order chi connectivity index (χ1) is 12.6. The summed E-state index contributed by atoms with van der Waals surface area (Å²) in [5, 5.41) is 10.9. The van der Waals surface area contributed by atoms with Crippen LogP contribution in [0.5, 0.6) is 5.75 Å². The van der Waals surface area contributed by atoms with Crippen molar-refractivity contribution in [3.05, 3.63) is 64.9 Å². The first-order valence-corrected chi connectivity index (χ1v) is 10.3. The monoisotopic (exact) mass is 382 g/mol. The molecule has 4 rings (SSSR count). The standard InChI is InChI=1S/C19H14N2O3S2/c20-12-16-10-15(13-25-16)14-6-7-19-18(11-14)21(8-9-24-19)26(22,23)17-4-2-1-3-5-17/h1-7,10-11,13H,8-9H2. The Balaban J connectivity index is 1.80. The SMILES string of the molecule is N#Cc1cc(-c2ccc3c(c2)N(S(=O)(=O)c2ccccc2)CCO3)cs1. The molecule has 3 aromatic rings. The molecule has 0 N–H and O–H groups in total. The van der Waals surface area contributed by atoms with Gasteiger partial charge in [-0.2, -0.15) is 5.26 Å². The maximum Gasteiger partial charge on any atom is 0.264 e. The van der Waals surface area contributed by atoms with E-state index in [9.17, 15) is 8.42 Å². The molecule has 0 amide bonds. The molecule has 0 aliphatic carbocycles. The zero-order chi connectivity index (χ0) is 18.1. The Bertz CT molecular complexity index is 1100. The van der Waals surface area contributed by atoms with Crippen LogP contribution in [0.4, 0.5) is 5.69 Å². The van der Waals surface area contributed by atoms with Gasteiger partial charge in [-0.1, -0.05) is 24.3 Å². The zero-order valence-electron chi connectivity index (χ0n) is 13.6. The van der Waals surface area contributed by atoms with Crippen molar-refractivity contribution in [1.29, 1.82) is 5.26 Å². The summed E-state index contributed by atoms with van der Waals surface area (Å²) in [4.78, 5) is 0.864. The van der Waals surface area contributed by atoms with Crippen LogP contribution in [0.3, 0.4) is 0 Å². The molecule has 26 heavy (non-hydrogen) atoms. The molecule has 1 aliphatic rings. The normalized spacial score (nSPS) is 13.6. The average Bonchev–Trinajstić information content (AvgIpc) is 3.17. The van der Waals surface area contributed by atoms with Crippen LogP contribution in [0, 0.1) is 11.3 Å². The fourth-order valence-corrected chi connectivity index (χ4v) is 5.07. The van der Waals surface area contributed by atoms with Gasteiger partial charge in [0.25, 0.3) is 10.0 Å². The van der Waals surface area contributed by atoms with Crippen molar-refractivity contribution in [2.75, 3.05) is 17.5 Å². The molecule has 0 atom stereocenters. The summed E-state index contributed by atoms with van der Waals surface area (Å²) in [6, 6.07) is 17.8. The van der Waals surface area contributed by atoms with E-state index in [1.807, 2.05) is 11.4 Å². The van der Waals surface area contributed by atoms with Gasteiger partial charge in [-0.05, 0) is 46.8 Å². The molecule has 0 saturated carbocycles. The van der Waals surface area contributed by atoms with Gasteiger partial charge in [0.15, 0.2) is 0 Å². The molecule has 0 spiro atoms. The molecule has 0 bridgehead atoms. The average molecular weight is 382 g/mol. The molecule has 5 nitrogen and oxygen atoms in total. The predicted octanol–water partition coefficient (Wildman–Crippen LogP) is 3.87. The minimum Gasteiger partial charge on any atom is -0.489 e. The highest BCUT2D eigenvalue weighted by Gasteiger charge is 2.30. The Hall–Kier alpha value is -2.82. The number of hydrogen-bond acceptors (Lipinski definition) is 5. The number of nitrogens with zero attached hydrogens (tertiary/aromatic N) is 2. The fraction of sp³-hybridized carbons (Fsp3) is 0.105. The van der Waals surface area contributed by atoms with Crippen molar-refractivity contribution in [3.63, 3.8) is 0 Å². The minimum absolute atomic E-state index is 0.251. The number of hydrogen-bond donors (Lipinski definition) is 0. The van der Waals surface area contributed by atoms with E-state index in [1.165, 1.54) is 15.6 Å². The molecule has 0 unspecified atom stereocenters. The molecular weight excluding hydrogens is 368 g/mol. The molecule has 2 aromatic carbocycles. The Labute approximate surface area is 155 Å². The predicted molar refractivity (Wildman–Crippen MR) is 101 cm³/mol. The van der Waals surface area contributed by atoms with Crippen LogP contribution in [-0.4, -0.2) is 21.6 Å². The van der Waals surface area contributed by atoms with Crippen molar-refractivity contribution >= 4 is 27.0 Å². The molecule has 1 aromatic heterocycles. The van der Waals surface area contributed by atoms with Gasteiger partial charge in [-0.3, -0.25) is 4.31 Å². The van der Waals surface area contributed by atoms with Crippen LogP contribution in [0.2, 0.25) is 0 Å². The molecule has 0 fully saturated rings. The summed E-state index contributed by atoms with van der Waals surface area (Å²) in [5.41, 5.74) is 2.25. The molecule has 7 heteroatoms. The van der Waals surface area contributed by atoms with Gasteiger partial charge in [-0.25, -0.2) is 8.42 Å². The van der Waals surface area contributed by atoms with Crippen LogP contribution in [-0.2, 0) is 10.0 Å². The third kappa shape index (κ3) is 2.83. The lowest BCUT2D eigenvalue weighted by molar-refractivity contribution is 0.316. The van der Waals surface area contributed by atoms with Crippen molar-refractivity contribution in [2.24, 2.45) is 0 Å². The number of sulfonamides is 1. The van der Waals surface area contributed by atoms with Gasteiger partial charge in [0.05, 0.1) is 17.1 Å². The second-order valence-corrected chi connectivity index (χ2v) is 8.51. The maximum absolute atomic E-state index is 13.1. The van der Waals surface area contributed by atoms with Crippen LogP contribution < -0.4 is 9.04 Å². The Kier molecular flexibility index (Phi) is 4.15. The van der Waals surface area contributed by atoms with Gasteiger partial charge in [0, 0.05) is 0 Å². The molecular formula is C19H14N2O3S2. The number of ether oxygens (including phenoxy) is 1. The first-order valence-electron chi connectivity index (χ1n) is 7.93. The number of anilines is 1. The largest absolute Gasteiger partial charge is 0.489 e. The first kappa shape index (κ1) is 16.6. The van der Waals surface area contributed by atoms with E-state index < -0.39 is 10.0 Å². The fourth-order valence-electron chi connectivity index (χ4n) is 2.89. The van der Waals surface area contributed by atoms with E-state index in [0.717, 1.165) is 11.1 Å². The van der Waals surface area contributed by atoms with Crippen LogP contribution in [0.15, 0.2) is 64.9 Å². The highest BCUT2D eigenvalue weighted by Crippen LogP contribution is 2.39. The van der Waals surface area contributed by atoms with E-state index in [4.69, 9.17) is 10.00 Å². The second kappa shape index (κ2) is 6.48. The van der Waals surface area contributed by atoms with Crippen molar-refractivity contribution in [3.8, 4) is 22.9 Å². The number of benzene rings is 2. The van der Waals surface area contributed by atoms with Crippen LogP contribution in [0.1, 0.15) is 4.88 Å². The summed E-state index contributed by atoms with van der Waals surface area (Å²) < 4.78 is 33.2. The van der Waals surface area contributed by atoms with Crippen LogP contribution >= 0.6 is 11.3 Å². The summed E-state index contributed by atoms with van der Waals surface area (Å²) in [6.45, 7) is 0.552. The Morgan fingerprint density at radius 1 is 1.08 bits per heavy atom. The zero-order valence-corrected chi connectivity index (χ0v) is 15.3. The smallest absolute Gasteiger partial charge is 0.264 e. The van der Waals surface area contributed by atoms with E-state index in [2.05, 4.69) is 6.07 Å². The van der Waals surface area contributed by atoms with Crippen molar-refractivity contribution in [2.45, 2.75) is 4.90 Å². The Morgan fingerprint density at radius 3 is 2.62 bits per heavy atom. The van der Waals surface area contributed by atoms with E-state index in [-0.39, 0.29) is 11.4 Å². The van der Waals surface area contributed by atoms with E-state index in [0.29, 0.717) is 22.9 Å². The number of fused-ring (bicyclic) bond motifs is 1. The molecule has 0 saturated heterocycles. The van der Waals surface area contributed by atoms with E-state index in [1.54, 1.807) is 48.5 Å². The van der Waals surface area contributed by atoms with Crippen molar-refractivity contribution < 1.29 is 13.2 Å². The molecule has 130 valence electrons. The number of rotatable bonds is 3. The second-order valence-electron chi connectivity index (χ2n) is 5.73. The van der Waals surface area contributed by atoms with Gasteiger partial charge in [0.2, 0.25) is 0 Å². The third-order valence-electron chi connectivity index (χ3n) is 4.15. The quantitative estimate of drug-likeness (QED) is 0.689. The van der Waals surface area contributed by atoms with Gasteiger partial charge >= 0.3 is 0 Å². The summed E-state index contributed by atoms with van der Waals surface area (Å²) in [7, 11) is -3.67. The lowest BCUT2D eigenvalue weighted by atomic mass is 10.1. The minimum atomic E-state index is -3.67. The van der Waals surface area contributed by atoms with Crippen molar-refractivity contribution in [1.82, 2.24) is 0 Å². The topological polar surface area (TPSA) is 70.4 Å². The maximum atomic E-state index is 13.1.